The van der Waals surface area contributed by atoms with Crippen molar-refractivity contribution in [2.75, 3.05) is 19.6 Å². The molecule has 9 heteroatoms. The molecule has 2 aromatic rings. The Morgan fingerprint density at radius 3 is 2.75 bits per heavy atom. The standard InChI is InChI=1S/C23H30N6O3/c1-15-5-9-24-29(15)12-8-20(30)27-10-6-17(13-27)21-25-19-14-28(23(32)16-3-2-4-16)11-7-18(19)22(31)26-21/h5,9,16-17H,2-4,6-8,10-14H2,1H3,(H,25,26,31). The molecule has 0 radical (unpaired) electrons. The number of nitrogens with one attached hydrogen (secondary N) is 1. The molecule has 1 aliphatic carbocycles. The topological polar surface area (TPSA) is 104 Å². The molecule has 1 unspecified atom stereocenters. The minimum Gasteiger partial charge on any atom is -0.342 e. The fourth-order valence-corrected chi connectivity index (χ4v) is 4.96. The van der Waals surface area contributed by atoms with Gasteiger partial charge in [0.1, 0.15) is 5.82 Å². The Bertz CT molecular complexity index is 1090. The summed E-state index contributed by atoms with van der Waals surface area (Å²) in [6, 6.07) is 1.93. The van der Waals surface area contributed by atoms with Crippen molar-refractivity contribution in [3.8, 4) is 0 Å². The molecular formula is C23H30N6O3. The Labute approximate surface area is 186 Å². The maximum Gasteiger partial charge on any atom is 0.254 e. The third-order valence-electron chi connectivity index (χ3n) is 7.25. The summed E-state index contributed by atoms with van der Waals surface area (Å²) in [5, 5.41) is 4.23. The summed E-state index contributed by atoms with van der Waals surface area (Å²) in [6.07, 6.45) is 6.55. The average molecular weight is 439 g/mol. The van der Waals surface area contributed by atoms with Crippen molar-refractivity contribution in [3.63, 3.8) is 0 Å². The summed E-state index contributed by atoms with van der Waals surface area (Å²) in [5.41, 5.74) is 2.37. The second kappa shape index (κ2) is 8.52. The first kappa shape index (κ1) is 20.9. The Kier molecular flexibility index (Phi) is 5.57. The molecule has 2 aliphatic heterocycles. The smallest absolute Gasteiger partial charge is 0.254 e. The van der Waals surface area contributed by atoms with Crippen LogP contribution in [0.1, 0.15) is 60.8 Å². The van der Waals surface area contributed by atoms with E-state index >= 15 is 0 Å². The summed E-state index contributed by atoms with van der Waals surface area (Å²) in [7, 11) is 0. The number of fused-ring (bicyclic) bond motifs is 1. The third-order valence-corrected chi connectivity index (χ3v) is 7.25. The van der Waals surface area contributed by atoms with Gasteiger partial charge in [-0.05, 0) is 38.7 Å². The zero-order valence-corrected chi connectivity index (χ0v) is 18.5. The fraction of sp³-hybridized carbons (Fsp3) is 0.609. The van der Waals surface area contributed by atoms with Gasteiger partial charge in [0, 0.05) is 61.9 Å². The van der Waals surface area contributed by atoms with Crippen molar-refractivity contribution in [2.45, 2.75) is 64.5 Å². The summed E-state index contributed by atoms with van der Waals surface area (Å²) in [4.78, 5) is 49.5. The zero-order valence-electron chi connectivity index (χ0n) is 18.5. The molecule has 1 saturated carbocycles. The number of likely N-dealkylation sites (tertiary alicyclic amines) is 1. The lowest BCUT2D eigenvalue weighted by Crippen LogP contribution is -2.43. The van der Waals surface area contributed by atoms with E-state index in [2.05, 4.69) is 10.1 Å². The van der Waals surface area contributed by atoms with E-state index in [9.17, 15) is 14.4 Å². The molecule has 2 fully saturated rings. The van der Waals surface area contributed by atoms with Crippen LogP contribution < -0.4 is 5.56 Å². The second-order valence-corrected chi connectivity index (χ2v) is 9.29. The second-order valence-electron chi connectivity index (χ2n) is 9.29. The van der Waals surface area contributed by atoms with E-state index in [1.807, 2.05) is 27.5 Å². The number of carbonyl (C=O) groups is 2. The summed E-state index contributed by atoms with van der Waals surface area (Å²) in [6.45, 7) is 4.77. The molecule has 1 N–H and O–H groups in total. The van der Waals surface area contributed by atoms with Gasteiger partial charge in [-0.3, -0.25) is 19.1 Å². The van der Waals surface area contributed by atoms with Crippen LogP contribution in [-0.4, -0.2) is 61.0 Å². The molecule has 2 amide bonds. The average Bonchev–Trinajstić information content (AvgIpc) is 3.39. The van der Waals surface area contributed by atoms with E-state index in [4.69, 9.17) is 4.98 Å². The fourth-order valence-electron chi connectivity index (χ4n) is 4.96. The van der Waals surface area contributed by atoms with Crippen LogP contribution in [0.15, 0.2) is 17.1 Å². The molecule has 9 nitrogen and oxygen atoms in total. The number of rotatable bonds is 5. The van der Waals surface area contributed by atoms with Crippen molar-refractivity contribution < 1.29 is 9.59 Å². The molecular weight excluding hydrogens is 408 g/mol. The van der Waals surface area contributed by atoms with E-state index in [1.165, 1.54) is 0 Å². The van der Waals surface area contributed by atoms with E-state index < -0.39 is 0 Å². The molecule has 0 bridgehead atoms. The highest BCUT2D eigenvalue weighted by molar-refractivity contribution is 5.79. The number of H-pyrrole nitrogens is 1. The molecule has 1 atom stereocenters. The maximum atomic E-state index is 12.7. The molecule has 170 valence electrons. The lowest BCUT2D eigenvalue weighted by atomic mass is 9.84. The van der Waals surface area contributed by atoms with Crippen LogP contribution in [0.5, 0.6) is 0 Å². The highest BCUT2D eigenvalue weighted by Crippen LogP contribution is 2.30. The van der Waals surface area contributed by atoms with Gasteiger partial charge in [-0.15, -0.1) is 0 Å². The summed E-state index contributed by atoms with van der Waals surface area (Å²) in [5.74, 6) is 1.11. The molecule has 0 spiro atoms. The summed E-state index contributed by atoms with van der Waals surface area (Å²) >= 11 is 0. The van der Waals surface area contributed by atoms with Crippen molar-refractivity contribution in [1.29, 1.82) is 0 Å². The molecule has 1 saturated heterocycles. The van der Waals surface area contributed by atoms with Crippen molar-refractivity contribution in [2.24, 2.45) is 5.92 Å². The molecule has 5 rings (SSSR count). The van der Waals surface area contributed by atoms with Gasteiger partial charge in [0.15, 0.2) is 0 Å². The quantitative estimate of drug-likeness (QED) is 0.759. The first-order valence-corrected chi connectivity index (χ1v) is 11.7. The van der Waals surface area contributed by atoms with E-state index in [-0.39, 0.29) is 29.2 Å². The molecule has 0 aromatic carbocycles. The van der Waals surface area contributed by atoms with Crippen molar-refractivity contribution in [1.82, 2.24) is 29.5 Å². The third kappa shape index (κ3) is 3.96. The van der Waals surface area contributed by atoms with Gasteiger partial charge >= 0.3 is 0 Å². The van der Waals surface area contributed by atoms with E-state index in [1.54, 1.807) is 6.20 Å². The van der Waals surface area contributed by atoms with Crippen LogP contribution in [0.3, 0.4) is 0 Å². The van der Waals surface area contributed by atoms with Crippen LogP contribution >= 0.6 is 0 Å². The van der Waals surface area contributed by atoms with Crippen molar-refractivity contribution in [3.05, 3.63) is 45.4 Å². The monoisotopic (exact) mass is 438 g/mol. The Morgan fingerprint density at radius 2 is 2.03 bits per heavy atom. The Balaban J connectivity index is 1.24. The van der Waals surface area contributed by atoms with Crippen LogP contribution in [0.2, 0.25) is 0 Å². The van der Waals surface area contributed by atoms with Crippen LogP contribution in [0.4, 0.5) is 0 Å². The van der Waals surface area contributed by atoms with Gasteiger partial charge in [-0.25, -0.2) is 4.98 Å². The van der Waals surface area contributed by atoms with Gasteiger partial charge in [0.2, 0.25) is 11.8 Å². The van der Waals surface area contributed by atoms with E-state index in [0.717, 1.165) is 37.1 Å². The number of carbonyl (C=O) groups excluding carboxylic acids is 2. The number of aromatic nitrogens is 4. The minimum atomic E-state index is -0.0975. The number of aromatic amines is 1. The SMILES string of the molecule is Cc1ccnn1CCC(=O)N1CCC(c2nc3c(c(=O)[nH]2)CCN(C(=O)C2CCC2)C3)C1. The lowest BCUT2D eigenvalue weighted by molar-refractivity contribution is -0.139. The maximum absolute atomic E-state index is 12.7. The first-order chi connectivity index (χ1) is 15.5. The predicted octanol–water partition coefficient (Wildman–Crippen LogP) is 1.37. The van der Waals surface area contributed by atoms with Gasteiger partial charge in [-0.1, -0.05) is 6.42 Å². The van der Waals surface area contributed by atoms with Crippen LogP contribution in [0.25, 0.3) is 0 Å². The molecule has 4 heterocycles. The Morgan fingerprint density at radius 1 is 1.19 bits per heavy atom. The van der Waals surface area contributed by atoms with Gasteiger partial charge in [0.05, 0.1) is 12.2 Å². The number of aryl methyl sites for hydroxylation is 2. The van der Waals surface area contributed by atoms with Gasteiger partial charge in [-0.2, -0.15) is 5.10 Å². The number of amides is 2. The van der Waals surface area contributed by atoms with Crippen LogP contribution in [0, 0.1) is 12.8 Å². The molecule has 2 aromatic heterocycles. The molecule has 32 heavy (non-hydrogen) atoms. The first-order valence-electron chi connectivity index (χ1n) is 11.7. The lowest BCUT2D eigenvalue weighted by Gasteiger charge is -2.34. The Hall–Kier alpha value is -2.97. The molecule has 3 aliphatic rings. The normalized spacial score (nSPS) is 20.8. The van der Waals surface area contributed by atoms with Crippen LogP contribution in [-0.2, 0) is 29.1 Å². The summed E-state index contributed by atoms with van der Waals surface area (Å²) < 4.78 is 1.84. The largest absolute Gasteiger partial charge is 0.342 e. The highest BCUT2D eigenvalue weighted by atomic mass is 16.2. The number of nitrogens with zero attached hydrogens (tertiary/aromatic N) is 5. The zero-order chi connectivity index (χ0) is 22.2. The highest BCUT2D eigenvalue weighted by Gasteiger charge is 2.34. The van der Waals surface area contributed by atoms with E-state index in [0.29, 0.717) is 57.0 Å². The number of hydrogen-bond donors (Lipinski definition) is 1. The minimum absolute atomic E-state index is 0.0149. The van der Waals surface area contributed by atoms with Crippen molar-refractivity contribution >= 4 is 11.8 Å². The number of hydrogen-bond acceptors (Lipinski definition) is 5. The predicted molar refractivity (Wildman–Crippen MR) is 117 cm³/mol. The van der Waals surface area contributed by atoms with Gasteiger partial charge < -0.3 is 14.8 Å². The van der Waals surface area contributed by atoms with Gasteiger partial charge in [0.25, 0.3) is 5.56 Å².